The second-order valence-corrected chi connectivity index (χ2v) is 5.46. The number of benzene rings is 1. The Kier molecular flexibility index (Phi) is 2.15. The van der Waals surface area contributed by atoms with Gasteiger partial charge in [-0.2, -0.15) is 4.74 Å². The van der Waals surface area contributed by atoms with E-state index in [1.165, 1.54) is 0 Å². The highest BCUT2D eigenvalue weighted by atomic mass is 16.5. The minimum absolute atomic E-state index is 0.243. The summed E-state index contributed by atoms with van der Waals surface area (Å²) in [6, 6.07) is 3.48. The Hall–Kier alpha value is -2.17. The summed E-state index contributed by atoms with van der Waals surface area (Å²) in [6.45, 7) is 6.03. The summed E-state index contributed by atoms with van der Waals surface area (Å²) in [5, 5.41) is 13.3. The van der Waals surface area contributed by atoms with Gasteiger partial charge >= 0.3 is 0 Å². The molecule has 0 bridgehead atoms. The van der Waals surface area contributed by atoms with Crippen molar-refractivity contribution in [1.82, 2.24) is 4.90 Å². The first-order valence-electron chi connectivity index (χ1n) is 6.15. The van der Waals surface area contributed by atoms with Gasteiger partial charge in [0, 0.05) is 24.0 Å². The Morgan fingerprint density at radius 2 is 2.05 bits per heavy atom. The lowest BCUT2D eigenvalue weighted by Gasteiger charge is -2.37. The van der Waals surface area contributed by atoms with Gasteiger partial charge in [0.05, 0.1) is 5.36 Å². The lowest BCUT2D eigenvalue weighted by molar-refractivity contribution is -0.350. The van der Waals surface area contributed by atoms with Gasteiger partial charge in [0.25, 0.3) is 5.78 Å². The average molecular weight is 257 g/mol. The van der Waals surface area contributed by atoms with Crippen molar-refractivity contribution in [2.24, 2.45) is 4.99 Å². The largest absolute Gasteiger partial charge is 0.618 e. The van der Waals surface area contributed by atoms with E-state index < -0.39 is 0 Å². The van der Waals surface area contributed by atoms with Gasteiger partial charge in [-0.1, -0.05) is 0 Å². The highest BCUT2D eigenvalue weighted by Crippen LogP contribution is 2.23. The van der Waals surface area contributed by atoms with Crippen molar-refractivity contribution in [3.05, 3.63) is 33.5 Å². The smallest absolute Gasteiger partial charge is 0.257 e. The van der Waals surface area contributed by atoms with Crippen molar-refractivity contribution in [1.29, 1.82) is 0 Å². The SMILES string of the molecule is CC1=c2cc3c(cc2=NC(C)(C)N1C)[N+]([O-])=CC3=O. The number of rotatable bonds is 0. The molecule has 0 saturated heterocycles. The van der Waals surface area contributed by atoms with Crippen LogP contribution in [0, 0.1) is 5.21 Å². The topological polar surface area (TPSA) is 58.7 Å². The van der Waals surface area contributed by atoms with E-state index in [-0.39, 0.29) is 11.4 Å². The fraction of sp³-hybridized carbons (Fsp3) is 0.357. The highest BCUT2D eigenvalue weighted by molar-refractivity contribution is 6.37. The predicted molar refractivity (Wildman–Crippen MR) is 71.8 cm³/mol. The van der Waals surface area contributed by atoms with Crippen molar-refractivity contribution >= 4 is 23.4 Å². The van der Waals surface area contributed by atoms with Crippen molar-refractivity contribution in [3.63, 3.8) is 0 Å². The summed E-state index contributed by atoms with van der Waals surface area (Å²) in [4.78, 5) is 18.5. The maximum atomic E-state index is 11.7. The highest BCUT2D eigenvalue weighted by Gasteiger charge is 2.30. The van der Waals surface area contributed by atoms with Crippen LogP contribution in [0.2, 0.25) is 0 Å². The third-order valence-corrected chi connectivity index (χ3v) is 3.96. The standard InChI is InChI=1S/C14H15N3O2/c1-8-9-5-10-12(17(19)7-13(10)18)6-11(9)15-14(2,3)16(8)4/h5-7H,1-4H3. The monoisotopic (exact) mass is 257 g/mol. The number of carbonyl (C=O) groups excluding carboxylic acids is 1. The Morgan fingerprint density at radius 1 is 1.37 bits per heavy atom. The van der Waals surface area contributed by atoms with Crippen LogP contribution in [0.4, 0.5) is 5.69 Å². The minimum Gasteiger partial charge on any atom is -0.618 e. The molecule has 5 heteroatoms. The van der Waals surface area contributed by atoms with Gasteiger partial charge in [0.2, 0.25) is 11.9 Å². The molecule has 2 aliphatic rings. The summed E-state index contributed by atoms with van der Waals surface area (Å²) in [5.41, 5.74) is 1.54. The van der Waals surface area contributed by atoms with E-state index in [4.69, 9.17) is 0 Å². The number of fused-ring (bicyclic) bond motifs is 2. The van der Waals surface area contributed by atoms with E-state index in [2.05, 4.69) is 9.89 Å². The van der Waals surface area contributed by atoms with Crippen LogP contribution in [0.3, 0.4) is 0 Å². The molecule has 0 N–H and O–H groups in total. The van der Waals surface area contributed by atoms with Crippen LogP contribution >= 0.6 is 0 Å². The van der Waals surface area contributed by atoms with Gasteiger partial charge < -0.3 is 10.1 Å². The van der Waals surface area contributed by atoms with Gasteiger partial charge in [-0.3, -0.25) is 9.79 Å². The van der Waals surface area contributed by atoms with E-state index >= 15 is 0 Å². The summed E-state index contributed by atoms with van der Waals surface area (Å²) in [6.07, 6.45) is 1.07. The summed E-state index contributed by atoms with van der Waals surface area (Å²) < 4.78 is 0.619. The minimum atomic E-state index is -0.356. The summed E-state index contributed by atoms with van der Waals surface area (Å²) in [5.74, 6) is -0.243. The number of carbonyl (C=O) groups is 1. The maximum absolute atomic E-state index is 11.7. The maximum Gasteiger partial charge on any atom is 0.257 e. The molecule has 0 unspecified atom stereocenters. The fourth-order valence-corrected chi connectivity index (χ4v) is 2.55. The zero-order chi connectivity index (χ0) is 13.9. The normalized spacial score (nSPS) is 19.8. The first-order valence-corrected chi connectivity index (χ1v) is 6.15. The predicted octanol–water partition coefficient (Wildman–Crippen LogP) is 0.525. The molecular formula is C14H15N3O2. The van der Waals surface area contributed by atoms with Gasteiger partial charge in [0.1, 0.15) is 11.2 Å². The molecule has 0 aromatic heterocycles. The lowest BCUT2D eigenvalue weighted by Crippen LogP contribution is -2.49. The Morgan fingerprint density at radius 3 is 2.74 bits per heavy atom. The third-order valence-electron chi connectivity index (χ3n) is 3.96. The molecule has 5 nitrogen and oxygen atoms in total. The second-order valence-electron chi connectivity index (χ2n) is 5.46. The third kappa shape index (κ3) is 1.51. The van der Waals surface area contributed by atoms with Gasteiger partial charge in [-0.15, -0.1) is 0 Å². The number of hydrogen-bond acceptors (Lipinski definition) is 4. The molecule has 0 radical (unpaired) electrons. The number of hydrogen-bond donors (Lipinski definition) is 0. The zero-order valence-corrected chi connectivity index (χ0v) is 11.4. The molecule has 1 aromatic carbocycles. The van der Waals surface area contributed by atoms with E-state index in [1.807, 2.05) is 27.8 Å². The Bertz CT molecular complexity index is 760. The molecule has 3 rings (SSSR count). The van der Waals surface area contributed by atoms with Crippen LogP contribution < -0.4 is 10.6 Å². The van der Waals surface area contributed by atoms with Gasteiger partial charge in [-0.05, 0) is 26.8 Å². The number of ketones is 1. The zero-order valence-electron chi connectivity index (χ0n) is 11.4. The van der Waals surface area contributed by atoms with Crippen LogP contribution in [-0.2, 0) is 0 Å². The molecular weight excluding hydrogens is 242 g/mol. The number of Topliss-reactive ketones (excluding diaryl/α,β-unsaturated/α-hetero) is 1. The van der Waals surface area contributed by atoms with E-state index in [1.54, 1.807) is 12.1 Å². The van der Waals surface area contributed by atoms with Crippen molar-refractivity contribution < 1.29 is 9.53 Å². The molecule has 0 saturated carbocycles. The molecule has 0 spiro atoms. The van der Waals surface area contributed by atoms with Gasteiger partial charge in [-0.25, -0.2) is 0 Å². The molecule has 98 valence electrons. The molecule has 2 heterocycles. The van der Waals surface area contributed by atoms with Crippen LogP contribution in [0.5, 0.6) is 0 Å². The summed E-state index contributed by atoms with van der Waals surface area (Å²) in [7, 11) is 1.98. The lowest BCUT2D eigenvalue weighted by atomic mass is 10.0. The molecule has 0 fully saturated rings. The van der Waals surface area contributed by atoms with Crippen LogP contribution in [0.1, 0.15) is 31.1 Å². The van der Waals surface area contributed by atoms with E-state index in [9.17, 15) is 10.0 Å². The van der Waals surface area contributed by atoms with E-state index in [0.717, 1.165) is 22.5 Å². The molecule has 2 aliphatic heterocycles. The van der Waals surface area contributed by atoms with Gasteiger partial charge in [0.15, 0.2) is 0 Å². The molecule has 0 amide bonds. The average Bonchev–Trinajstić information content (AvgIpc) is 2.60. The fourth-order valence-electron chi connectivity index (χ4n) is 2.55. The van der Waals surface area contributed by atoms with E-state index in [0.29, 0.717) is 16.0 Å². The van der Waals surface area contributed by atoms with Crippen molar-refractivity contribution in [3.8, 4) is 0 Å². The molecule has 1 aromatic rings. The Balaban J connectivity index is 2.42. The molecule has 19 heavy (non-hydrogen) atoms. The summed E-state index contributed by atoms with van der Waals surface area (Å²) >= 11 is 0. The first-order chi connectivity index (χ1) is 8.81. The molecule has 0 aliphatic carbocycles. The van der Waals surface area contributed by atoms with Crippen LogP contribution in [0.15, 0.2) is 17.1 Å². The second kappa shape index (κ2) is 3.44. The molecule has 0 atom stereocenters. The van der Waals surface area contributed by atoms with Crippen molar-refractivity contribution in [2.45, 2.75) is 26.4 Å². The van der Waals surface area contributed by atoms with Crippen LogP contribution in [-0.4, -0.2) is 34.3 Å². The first kappa shape index (κ1) is 11.9. The number of nitrogens with zero attached hydrogens (tertiary/aromatic N) is 3. The van der Waals surface area contributed by atoms with Crippen molar-refractivity contribution in [2.75, 3.05) is 7.05 Å². The Labute approximate surface area is 110 Å². The van der Waals surface area contributed by atoms with Crippen LogP contribution in [0.25, 0.3) is 5.70 Å². The quantitative estimate of drug-likeness (QED) is 0.503.